The largest absolute Gasteiger partial charge is 0.480 e. The van der Waals surface area contributed by atoms with Gasteiger partial charge < -0.3 is 10.4 Å². The van der Waals surface area contributed by atoms with Gasteiger partial charge >= 0.3 is 5.97 Å². The summed E-state index contributed by atoms with van der Waals surface area (Å²) in [7, 11) is 0. The van der Waals surface area contributed by atoms with Gasteiger partial charge in [-0.3, -0.25) is 4.79 Å². The van der Waals surface area contributed by atoms with E-state index in [4.69, 9.17) is 0 Å². The number of carboxylic acid groups (broad SMARTS) is 1. The number of rotatable bonds is 8. The molecule has 5 heteroatoms. The molecule has 0 aromatic carbocycles. The second kappa shape index (κ2) is 7.59. The molecule has 0 fully saturated rings. The van der Waals surface area contributed by atoms with Crippen LogP contribution in [-0.2, 0) is 17.6 Å². The Labute approximate surface area is 130 Å². The van der Waals surface area contributed by atoms with Gasteiger partial charge in [0.15, 0.2) is 0 Å². The maximum absolute atomic E-state index is 12.4. The summed E-state index contributed by atoms with van der Waals surface area (Å²) in [4.78, 5) is 25.6. The summed E-state index contributed by atoms with van der Waals surface area (Å²) in [5.41, 5.74) is -0.00727. The van der Waals surface area contributed by atoms with E-state index in [1.165, 1.54) is 21.8 Å². The number of aryl methyl sites for hydroxylation is 2. The Morgan fingerprint density at radius 3 is 2.43 bits per heavy atom. The highest BCUT2D eigenvalue weighted by Crippen LogP contribution is 2.25. The summed E-state index contributed by atoms with van der Waals surface area (Å²) in [6.07, 6.45) is 4.02. The van der Waals surface area contributed by atoms with Gasteiger partial charge in [-0.1, -0.05) is 33.6 Å². The van der Waals surface area contributed by atoms with Crippen molar-refractivity contribution < 1.29 is 14.7 Å². The first-order valence-electron chi connectivity index (χ1n) is 7.55. The fourth-order valence-corrected chi connectivity index (χ4v) is 3.60. The molecule has 118 valence electrons. The van der Waals surface area contributed by atoms with Crippen molar-refractivity contribution in [1.82, 2.24) is 5.32 Å². The van der Waals surface area contributed by atoms with E-state index >= 15 is 0 Å². The van der Waals surface area contributed by atoms with Crippen molar-refractivity contribution in [3.05, 3.63) is 21.4 Å². The molecule has 0 radical (unpaired) electrons. The molecule has 0 bridgehead atoms. The van der Waals surface area contributed by atoms with Gasteiger partial charge in [-0.15, -0.1) is 11.3 Å². The number of thiophene rings is 1. The van der Waals surface area contributed by atoms with Gasteiger partial charge in [0.25, 0.3) is 5.91 Å². The predicted octanol–water partition coefficient (Wildman–Crippen LogP) is 3.64. The smallest absolute Gasteiger partial charge is 0.329 e. The van der Waals surface area contributed by atoms with E-state index in [-0.39, 0.29) is 5.91 Å². The van der Waals surface area contributed by atoms with Gasteiger partial charge in [0.1, 0.15) is 5.54 Å². The third-order valence-corrected chi connectivity index (χ3v) is 4.83. The molecule has 0 saturated carbocycles. The van der Waals surface area contributed by atoms with Crippen LogP contribution in [0.3, 0.4) is 0 Å². The first-order valence-corrected chi connectivity index (χ1v) is 8.37. The van der Waals surface area contributed by atoms with Gasteiger partial charge in [-0.25, -0.2) is 4.79 Å². The minimum Gasteiger partial charge on any atom is -0.480 e. The van der Waals surface area contributed by atoms with E-state index in [0.29, 0.717) is 17.7 Å². The van der Waals surface area contributed by atoms with Crippen LogP contribution >= 0.6 is 11.3 Å². The zero-order valence-electron chi connectivity index (χ0n) is 13.3. The molecule has 21 heavy (non-hydrogen) atoms. The molecule has 1 unspecified atom stereocenters. The Morgan fingerprint density at radius 1 is 1.29 bits per heavy atom. The molecule has 1 aromatic rings. The molecule has 2 N–H and O–H groups in total. The Balaban J connectivity index is 2.95. The lowest BCUT2D eigenvalue weighted by Gasteiger charge is -2.25. The maximum atomic E-state index is 12.4. The summed E-state index contributed by atoms with van der Waals surface area (Å²) in [5.74, 6) is -1.27. The molecule has 1 heterocycles. The van der Waals surface area contributed by atoms with Crippen molar-refractivity contribution in [2.45, 2.75) is 65.3 Å². The number of amides is 1. The van der Waals surface area contributed by atoms with E-state index in [1.54, 1.807) is 6.92 Å². The number of hydrogen-bond acceptors (Lipinski definition) is 3. The normalized spacial score (nSPS) is 13.7. The molecule has 1 rings (SSSR count). The molecule has 4 nitrogen and oxygen atoms in total. The van der Waals surface area contributed by atoms with Crippen molar-refractivity contribution in [2.75, 3.05) is 0 Å². The quantitative estimate of drug-likeness (QED) is 0.770. The van der Waals surface area contributed by atoms with Crippen molar-refractivity contribution in [1.29, 1.82) is 0 Å². The van der Waals surface area contributed by atoms with Gasteiger partial charge in [0, 0.05) is 4.88 Å². The summed E-state index contributed by atoms with van der Waals surface area (Å²) in [6.45, 7) is 7.66. The van der Waals surface area contributed by atoms with Gasteiger partial charge in [-0.05, 0) is 37.8 Å². The fourth-order valence-electron chi connectivity index (χ4n) is 2.35. The average molecular weight is 311 g/mol. The predicted molar refractivity (Wildman–Crippen MR) is 86.1 cm³/mol. The lowest BCUT2D eigenvalue weighted by atomic mass is 9.96. The number of carboxylic acids is 1. The molecule has 1 aromatic heterocycles. The van der Waals surface area contributed by atoms with Crippen LogP contribution < -0.4 is 5.32 Å². The number of hydrogen-bond donors (Lipinski definition) is 2. The summed E-state index contributed by atoms with van der Waals surface area (Å²) in [5, 5.41) is 12.0. The highest BCUT2D eigenvalue weighted by molar-refractivity contribution is 7.14. The van der Waals surface area contributed by atoms with Crippen molar-refractivity contribution in [3.63, 3.8) is 0 Å². The molecule has 0 spiro atoms. The molecular formula is C16H25NO3S. The van der Waals surface area contributed by atoms with E-state index in [2.05, 4.69) is 19.2 Å². The third kappa shape index (κ3) is 4.30. The van der Waals surface area contributed by atoms with Crippen LogP contribution in [0, 0.1) is 0 Å². The van der Waals surface area contributed by atoms with Crippen LogP contribution in [0.1, 0.15) is 67.1 Å². The van der Waals surface area contributed by atoms with Gasteiger partial charge in [0.05, 0.1) is 4.88 Å². The number of nitrogens with one attached hydrogen (secondary N) is 1. The highest BCUT2D eigenvalue weighted by atomic mass is 32.1. The third-order valence-electron chi connectivity index (χ3n) is 3.59. The fraction of sp³-hybridized carbons (Fsp3) is 0.625. The minimum atomic E-state index is -1.20. The average Bonchev–Trinajstić information content (AvgIpc) is 2.82. The van der Waals surface area contributed by atoms with Crippen molar-refractivity contribution in [3.8, 4) is 0 Å². The number of carbonyl (C=O) groups is 2. The van der Waals surface area contributed by atoms with Crippen molar-refractivity contribution in [2.24, 2.45) is 0 Å². The molecule has 0 saturated heterocycles. The number of aliphatic carboxylic acids is 1. The first-order chi connectivity index (χ1) is 9.87. The SMILES string of the molecule is CCCc1sc(C(=O)NC(C)(CCC)C(=O)O)cc1CC. The Kier molecular flexibility index (Phi) is 6.40. The van der Waals surface area contributed by atoms with Crippen LogP contribution in [0.5, 0.6) is 0 Å². The van der Waals surface area contributed by atoms with Crippen LogP contribution in [0.15, 0.2) is 6.07 Å². The molecule has 0 aliphatic heterocycles. The molecule has 0 aliphatic rings. The van der Waals surface area contributed by atoms with Crippen LogP contribution in [0.4, 0.5) is 0 Å². The zero-order chi connectivity index (χ0) is 16.0. The molecule has 1 atom stereocenters. The standard InChI is InChI=1S/C16H25NO3S/c1-5-8-12-11(7-3)10-13(21-12)14(18)17-16(4,9-6-2)15(19)20/h10H,5-9H2,1-4H3,(H,17,18)(H,19,20). The van der Waals surface area contributed by atoms with E-state index in [0.717, 1.165) is 19.3 Å². The maximum Gasteiger partial charge on any atom is 0.329 e. The number of carbonyl (C=O) groups excluding carboxylic acids is 1. The summed E-state index contributed by atoms with van der Waals surface area (Å²) < 4.78 is 0. The lowest BCUT2D eigenvalue weighted by Crippen LogP contribution is -2.51. The van der Waals surface area contributed by atoms with Crippen molar-refractivity contribution >= 4 is 23.2 Å². The lowest BCUT2D eigenvalue weighted by molar-refractivity contribution is -0.144. The minimum absolute atomic E-state index is 0.282. The molecule has 0 aliphatic carbocycles. The van der Waals surface area contributed by atoms with Crippen LogP contribution in [-0.4, -0.2) is 22.5 Å². The van der Waals surface area contributed by atoms with Gasteiger partial charge in [-0.2, -0.15) is 0 Å². The summed E-state index contributed by atoms with van der Waals surface area (Å²) in [6, 6.07) is 1.90. The van der Waals surface area contributed by atoms with E-state index < -0.39 is 11.5 Å². The van der Waals surface area contributed by atoms with E-state index in [9.17, 15) is 14.7 Å². The van der Waals surface area contributed by atoms with E-state index in [1.807, 2.05) is 13.0 Å². The Bertz CT molecular complexity index is 510. The van der Waals surface area contributed by atoms with Gasteiger partial charge in [0.2, 0.25) is 0 Å². The summed E-state index contributed by atoms with van der Waals surface area (Å²) >= 11 is 1.48. The highest BCUT2D eigenvalue weighted by Gasteiger charge is 2.34. The Morgan fingerprint density at radius 2 is 1.95 bits per heavy atom. The second-order valence-corrected chi connectivity index (χ2v) is 6.64. The monoisotopic (exact) mass is 311 g/mol. The van der Waals surface area contributed by atoms with Crippen LogP contribution in [0.25, 0.3) is 0 Å². The topological polar surface area (TPSA) is 66.4 Å². The first kappa shape index (κ1) is 17.7. The van der Waals surface area contributed by atoms with Crippen LogP contribution in [0.2, 0.25) is 0 Å². The zero-order valence-corrected chi connectivity index (χ0v) is 14.1. The molecule has 1 amide bonds. The Hall–Kier alpha value is -1.36. The molecular weight excluding hydrogens is 286 g/mol. The second-order valence-electron chi connectivity index (χ2n) is 5.50.